The Labute approximate surface area is 156 Å². The van der Waals surface area contributed by atoms with Gasteiger partial charge in [0.05, 0.1) is 6.42 Å². The lowest BCUT2D eigenvalue weighted by atomic mass is 9.76. The molecule has 0 bridgehead atoms. The van der Waals surface area contributed by atoms with Crippen molar-refractivity contribution in [2.45, 2.75) is 51.4 Å². The van der Waals surface area contributed by atoms with E-state index in [0.717, 1.165) is 36.2 Å². The van der Waals surface area contributed by atoms with Crippen LogP contribution in [0.5, 0.6) is 0 Å². The predicted molar refractivity (Wildman–Crippen MR) is 105 cm³/mol. The summed E-state index contributed by atoms with van der Waals surface area (Å²) < 4.78 is 0. The van der Waals surface area contributed by atoms with Crippen LogP contribution >= 0.6 is 0 Å². The van der Waals surface area contributed by atoms with Gasteiger partial charge >= 0.3 is 0 Å². The molecule has 1 saturated heterocycles. The summed E-state index contributed by atoms with van der Waals surface area (Å²) in [6.45, 7) is 5.26. The van der Waals surface area contributed by atoms with Crippen LogP contribution in [0.4, 0.5) is 5.69 Å². The highest BCUT2D eigenvalue weighted by molar-refractivity contribution is 5.98. The second-order valence-electron chi connectivity index (χ2n) is 7.68. The molecule has 1 aromatic carbocycles. The van der Waals surface area contributed by atoms with Crippen molar-refractivity contribution in [1.82, 2.24) is 4.90 Å². The van der Waals surface area contributed by atoms with E-state index in [1.165, 1.54) is 51.0 Å². The Morgan fingerprint density at radius 3 is 2.23 bits per heavy atom. The van der Waals surface area contributed by atoms with Gasteiger partial charge in [-0.1, -0.05) is 50.8 Å². The second-order valence-corrected chi connectivity index (χ2v) is 7.68. The fraction of sp³-hybridized carbons (Fsp3) is 0.545. The van der Waals surface area contributed by atoms with Gasteiger partial charge in [0.2, 0.25) is 11.8 Å². The van der Waals surface area contributed by atoms with Gasteiger partial charge in [-0.3, -0.25) is 9.59 Å². The standard InChI is InChI=1S/C22H30N2O2/c1-2-21(25)23-20-10-8-17(9-11-20)16-22(26)24-14-12-19(13-15-24)18-6-4-3-5-7-18/h2,8-11,18-19H,1,3-7,12-16H2,(H,23,25). The summed E-state index contributed by atoms with van der Waals surface area (Å²) in [5.41, 5.74) is 1.71. The molecule has 4 heteroatoms. The van der Waals surface area contributed by atoms with E-state index >= 15 is 0 Å². The number of amides is 2. The zero-order valence-corrected chi connectivity index (χ0v) is 15.6. The van der Waals surface area contributed by atoms with Crippen LogP contribution in [0.25, 0.3) is 0 Å². The Morgan fingerprint density at radius 2 is 1.62 bits per heavy atom. The highest BCUT2D eigenvalue weighted by Crippen LogP contribution is 2.35. The molecule has 140 valence electrons. The van der Waals surface area contributed by atoms with Crippen molar-refractivity contribution >= 4 is 17.5 Å². The number of carbonyl (C=O) groups excluding carboxylic acids is 2. The van der Waals surface area contributed by atoms with E-state index in [2.05, 4.69) is 11.9 Å². The highest BCUT2D eigenvalue weighted by Gasteiger charge is 2.29. The summed E-state index contributed by atoms with van der Waals surface area (Å²) >= 11 is 0. The topological polar surface area (TPSA) is 49.4 Å². The van der Waals surface area contributed by atoms with Crippen molar-refractivity contribution in [3.63, 3.8) is 0 Å². The first-order valence-electron chi connectivity index (χ1n) is 9.96. The Kier molecular flexibility index (Phi) is 6.48. The molecule has 0 spiro atoms. The van der Waals surface area contributed by atoms with Crippen molar-refractivity contribution in [3.8, 4) is 0 Å². The van der Waals surface area contributed by atoms with Gasteiger partial charge in [0, 0.05) is 18.8 Å². The number of hydrogen-bond acceptors (Lipinski definition) is 2. The molecule has 0 unspecified atom stereocenters. The van der Waals surface area contributed by atoms with Gasteiger partial charge in [-0.25, -0.2) is 0 Å². The smallest absolute Gasteiger partial charge is 0.247 e. The van der Waals surface area contributed by atoms with E-state index in [-0.39, 0.29) is 11.8 Å². The number of nitrogens with one attached hydrogen (secondary N) is 1. The molecule has 1 N–H and O–H groups in total. The molecule has 1 heterocycles. The Morgan fingerprint density at radius 1 is 1.00 bits per heavy atom. The summed E-state index contributed by atoms with van der Waals surface area (Å²) in [6.07, 6.45) is 11.0. The molecule has 4 nitrogen and oxygen atoms in total. The van der Waals surface area contributed by atoms with E-state index in [1.807, 2.05) is 29.2 Å². The van der Waals surface area contributed by atoms with Crippen LogP contribution in [0.1, 0.15) is 50.5 Å². The number of nitrogens with zero attached hydrogens (tertiary/aromatic N) is 1. The van der Waals surface area contributed by atoms with Crippen molar-refractivity contribution in [3.05, 3.63) is 42.5 Å². The van der Waals surface area contributed by atoms with Crippen LogP contribution in [0, 0.1) is 11.8 Å². The molecular weight excluding hydrogens is 324 g/mol. The van der Waals surface area contributed by atoms with Gasteiger partial charge in [0.15, 0.2) is 0 Å². The third-order valence-electron chi connectivity index (χ3n) is 5.97. The lowest BCUT2D eigenvalue weighted by molar-refractivity contribution is -0.132. The number of anilines is 1. The number of carbonyl (C=O) groups is 2. The number of benzene rings is 1. The molecule has 0 atom stereocenters. The molecule has 26 heavy (non-hydrogen) atoms. The maximum absolute atomic E-state index is 12.6. The average Bonchev–Trinajstić information content (AvgIpc) is 2.70. The van der Waals surface area contributed by atoms with Gasteiger partial charge in [0.1, 0.15) is 0 Å². The summed E-state index contributed by atoms with van der Waals surface area (Å²) in [4.78, 5) is 25.9. The van der Waals surface area contributed by atoms with Gasteiger partial charge in [-0.2, -0.15) is 0 Å². The van der Waals surface area contributed by atoms with Gasteiger partial charge in [-0.05, 0) is 48.4 Å². The number of hydrogen-bond donors (Lipinski definition) is 1. The van der Waals surface area contributed by atoms with E-state index in [0.29, 0.717) is 6.42 Å². The first-order chi connectivity index (χ1) is 12.7. The quantitative estimate of drug-likeness (QED) is 0.807. The van der Waals surface area contributed by atoms with Crippen LogP contribution in [-0.2, 0) is 16.0 Å². The Bertz CT molecular complexity index is 624. The summed E-state index contributed by atoms with van der Waals surface area (Å²) in [7, 11) is 0. The highest BCUT2D eigenvalue weighted by atomic mass is 16.2. The van der Waals surface area contributed by atoms with Gasteiger partial charge in [0.25, 0.3) is 0 Å². The molecule has 2 amide bonds. The number of likely N-dealkylation sites (tertiary alicyclic amines) is 1. The first kappa shape index (κ1) is 18.7. The molecule has 2 fully saturated rings. The van der Waals surface area contributed by atoms with Crippen molar-refractivity contribution < 1.29 is 9.59 Å². The maximum Gasteiger partial charge on any atom is 0.247 e. The minimum Gasteiger partial charge on any atom is -0.342 e. The van der Waals surface area contributed by atoms with Crippen LogP contribution in [-0.4, -0.2) is 29.8 Å². The minimum absolute atomic E-state index is 0.218. The number of piperidine rings is 1. The zero-order valence-electron chi connectivity index (χ0n) is 15.6. The summed E-state index contributed by atoms with van der Waals surface area (Å²) in [5, 5.41) is 2.72. The SMILES string of the molecule is C=CC(=O)Nc1ccc(CC(=O)N2CCC(C3CCCCC3)CC2)cc1. The normalized spacial score (nSPS) is 19.2. The predicted octanol–water partition coefficient (Wildman–Crippen LogP) is 4.17. The van der Waals surface area contributed by atoms with Crippen LogP contribution < -0.4 is 5.32 Å². The monoisotopic (exact) mass is 354 g/mol. The van der Waals surface area contributed by atoms with E-state index in [4.69, 9.17) is 0 Å². The van der Waals surface area contributed by atoms with Gasteiger partial charge < -0.3 is 10.2 Å². The van der Waals surface area contributed by atoms with Crippen LogP contribution in [0.2, 0.25) is 0 Å². The lowest BCUT2D eigenvalue weighted by Crippen LogP contribution is -2.41. The molecule has 3 rings (SSSR count). The molecule has 0 radical (unpaired) electrons. The molecule has 1 aliphatic carbocycles. The first-order valence-corrected chi connectivity index (χ1v) is 9.96. The fourth-order valence-electron chi connectivity index (χ4n) is 4.41. The summed E-state index contributed by atoms with van der Waals surface area (Å²) in [5.74, 6) is 1.72. The minimum atomic E-state index is -0.227. The third-order valence-corrected chi connectivity index (χ3v) is 5.97. The lowest BCUT2D eigenvalue weighted by Gasteiger charge is -2.37. The molecule has 1 aromatic rings. The van der Waals surface area contributed by atoms with Crippen LogP contribution in [0.3, 0.4) is 0 Å². The summed E-state index contributed by atoms with van der Waals surface area (Å²) in [6, 6.07) is 7.48. The fourth-order valence-corrected chi connectivity index (χ4v) is 4.41. The van der Waals surface area contributed by atoms with Gasteiger partial charge in [-0.15, -0.1) is 0 Å². The van der Waals surface area contributed by atoms with E-state index < -0.39 is 0 Å². The van der Waals surface area contributed by atoms with Crippen LogP contribution in [0.15, 0.2) is 36.9 Å². The van der Waals surface area contributed by atoms with Crippen molar-refractivity contribution in [2.24, 2.45) is 11.8 Å². The second kappa shape index (κ2) is 9.02. The largest absolute Gasteiger partial charge is 0.342 e. The van der Waals surface area contributed by atoms with Crippen molar-refractivity contribution in [1.29, 1.82) is 0 Å². The Balaban J connectivity index is 1.46. The van der Waals surface area contributed by atoms with E-state index in [1.54, 1.807) is 0 Å². The number of rotatable bonds is 5. The van der Waals surface area contributed by atoms with Crippen molar-refractivity contribution in [2.75, 3.05) is 18.4 Å². The molecule has 2 aliphatic rings. The molecular formula is C22H30N2O2. The Hall–Kier alpha value is -2.10. The zero-order chi connectivity index (χ0) is 18.4. The maximum atomic E-state index is 12.6. The molecule has 1 aliphatic heterocycles. The molecule has 1 saturated carbocycles. The van der Waals surface area contributed by atoms with E-state index in [9.17, 15) is 9.59 Å². The average molecular weight is 354 g/mol. The third kappa shape index (κ3) is 4.96. The molecule has 0 aromatic heterocycles.